The van der Waals surface area contributed by atoms with Crippen LogP contribution < -0.4 is 11.1 Å². The monoisotopic (exact) mass is 420 g/mol. The Morgan fingerprint density at radius 2 is 1.50 bits per heavy atom. The SMILES string of the molecule is CC(=O)Nc1ccc2cc(S(=O)(=O)c3ccc(S(=O)(=O)O)cc3N)ccc2c1. The Bertz CT molecular complexity index is 1320. The number of nitrogens with two attached hydrogens (primary N) is 1. The molecule has 0 bridgehead atoms. The Morgan fingerprint density at radius 3 is 2.11 bits per heavy atom. The lowest BCUT2D eigenvalue weighted by atomic mass is 10.1. The van der Waals surface area contributed by atoms with E-state index in [1.54, 1.807) is 24.3 Å². The van der Waals surface area contributed by atoms with Crippen molar-refractivity contribution in [1.29, 1.82) is 0 Å². The summed E-state index contributed by atoms with van der Waals surface area (Å²) in [7, 11) is -8.52. The number of hydrogen-bond donors (Lipinski definition) is 3. The van der Waals surface area contributed by atoms with E-state index in [-0.39, 0.29) is 21.4 Å². The fourth-order valence-electron chi connectivity index (χ4n) is 2.73. The lowest BCUT2D eigenvalue weighted by Gasteiger charge is -2.10. The normalized spacial score (nSPS) is 12.1. The summed E-state index contributed by atoms with van der Waals surface area (Å²) in [5, 5.41) is 4.00. The standard InChI is InChI=1S/C18H16N2O6S2/c1-11(21)20-14-4-2-13-9-15(5-3-12(13)8-14)27(22,23)18-7-6-16(10-17(18)19)28(24,25)26/h2-10H,19H2,1H3,(H,20,21)(H,24,25,26). The van der Waals surface area contributed by atoms with Crippen LogP contribution in [0.2, 0.25) is 0 Å². The third kappa shape index (κ3) is 3.84. The molecule has 0 spiro atoms. The number of rotatable bonds is 4. The number of anilines is 2. The fraction of sp³-hybridized carbons (Fsp3) is 0.0556. The van der Waals surface area contributed by atoms with Gasteiger partial charge in [0.15, 0.2) is 0 Å². The molecular weight excluding hydrogens is 404 g/mol. The van der Waals surface area contributed by atoms with E-state index in [2.05, 4.69) is 5.32 Å². The van der Waals surface area contributed by atoms with E-state index in [0.717, 1.165) is 23.6 Å². The van der Waals surface area contributed by atoms with Gasteiger partial charge in [-0.2, -0.15) is 8.42 Å². The summed E-state index contributed by atoms with van der Waals surface area (Å²) < 4.78 is 57.3. The van der Waals surface area contributed by atoms with E-state index in [9.17, 15) is 21.6 Å². The van der Waals surface area contributed by atoms with Gasteiger partial charge >= 0.3 is 0 Å². The number of fused-ring (bicyclic) bond motifs is 1. The van der Waals surface area contributed by atoms with Gasteiger partial charge in [-0.15, -0.1) is 0 Å². The second-order valence-corrected chi connectivity index (χ2v) is 9.42. The Hall–Kier alpha value is -2.95. The van der Waals surface area contributed by atoms with Crippen LogP contribution in [0, 0.1) is 0 Å². The van der Waals surface area contributed by atoms with Crippen LogP contribution in [0.4, 0.5) is 11.4 Å². The minimum absolute atomic E-state index is 0.0291. The lowest BCUT2D eigenvalue weighted by Crippen LogP contribution is -2.08. The van der Waals surface area contributed by atoms with Crippen LogP contribution in [0.3, 0.4) is 0 Å². The first kappa shape index (κ1) is 19.8. The second-order valence-electron chi connectivity index (χ2n) is 6.08. The number of benzene rings is 3. The average molecular weight is 420 g/mol. The van der Waals surface area contributed by atoms with Crippen molar-refractivity contribution in [2.45, 2.75) is 21.6 Å². The quantitative estimate of drug-likeness (QED) is 0.434. The fourth-order valence-corrected chi connectivity index (χ4v) is 4.65. The van der Waals surface area contributed by atoms with Crippen molar-refractivity contribution in [3.63, 3.8) is 0 Å². The van der Waals surface area contributed by atoms with Crippen molar-refractivity contribution in [2.24, 2.45) is 0 Å². The predicted molar refractivity (Wildman–Crippen MR) is 104 cm³/mol. The lowest BCUT2D eigenvalue weighted by molar-refractivity contribution is -0.114. The highest BCUT2D eigenvalue weighted by molar-refractivity contribution is 7.91. The second kappa shape index (κ2) is 6.89. The zero-order valence-corrected chi connectivity index (χ0v) is 16.2. The maximum Gasteiger partial charge on any atom is 0.294 e. The van der Waals surface area contributed by atoms with Crippen molar-refractivity contribution in [2.75, 3.05) is 11.1 Å². The summed E-state index contributed by atoms with van der Waals surface area (Å²) in [6, 6.07) is 12.4. The maximum atomic E-state index is 12.9. The molecule has 3 aromatic rings. The maximum absolute atomic E-state index is 12.9. The number of carbonyl (C=O) groups is 1. The summed E-state index contributed by atoms with van der Waals surface area (Å²) in [5.41, 5.74) is 6.01. The van der Waals surface area contributed by atoms with Crippen LogP contribution in [0.5, 0.6) is 0 Å². The molecule has 0 saturated heterocycles. The molecule has 0 atom stereocenters. The van der Waals surface area contributed by atoms with Crippen molar-refractivity contribution in [1.82, 2.24) is 0 Å². The smallest absolute Gasteiger partial charge is 0.294 e. The molecule has 0 aliphatic rings. The Labute approximate surface area is 161 Å². The highest BCUT2D eigenvalue weighted by Gasteiger charge is 2.23. The highest BCUT2D eigenvalue weighted by atomic mass is 32.2. The molecule has 8 nitrogen and oxygen atoms in total. The highest BCUT2D eigenvalue weighted by Crippen LogP contribution is 2.30. The van der Waals surface area contributed by atoms with Gasteiger partial charge in [0, 0.05) is 12.6 Å². The van der Waals surface area contributed by atoms with Gasteiger partial charge in [0.2, 0.25) is 15.7 Å². The summed E-state index contributed by atoms with van der Waals surface area (Å²) in [6.07, 6.45) is 0. The number of nitrogens with one attached hydrogen (secondary N) is 1. The Balaban J connectivity index is 2.07. The van der Waals surface area contributed by atoms with Gasteiger partial charge in [0.05, 0.1) is 20.4 Å². The zero-order valence-electron chi connectivity index (χ0n) is 14.6. The topological polar surface area (TPSA) is 144 Å². The molecule has 1 amide bonds. The van der Waals surface area contributed by atoms with Crippen LogP contribution in [-0.2, 0) is 24.7 Å². The number of carbonyl (C=O) groups excluding carboxylic acids is 1. The van der Waals surface area contributed by atoms with E-state index in [1.807, 2.05) is 0 Å². The summed E-state index contributed by atoms with van der Waals surface area (Å²) in [6.45, 7) is 1.39. The number of sulfone groups is 1. The van der Waals surface area contributed by atoms with Gasteiger partial charge < -0.3 is 11.1 Å². The zero-order chi connectivity index (χ0) is 20.7. The van der Waals surface area contributed by atoms with E-state index in [0.29, 0.717) is 11.1 Å². The molecule has 0 saturated carbocycles. The number of amides is 1. The predicted octanol–water partition coefficient (Wildman–Crippen LogP) is 2.46. The van der Waals surface area contributed by atoms with E-state index in [4.69, 9.17) is 10.3 Å². The van der Waals surface area contributed by atoms with Gasteiger partial charge in [-0.05, 0) is 53.2 Å². The first-order valence-corrected chi connectivity index (χ1v) is 10.8. The third-order valence-corrected chi connectivity index (χ3v) is 6.69. The third-order valence-electron chi connectivity index (χ3n) is 4.01. The molecule has 0 heterocycles. The molecular formula is C18H16N2O6S2. The van der Waals surface area contributed by atoms with Gasteiger partial charge in [-0.3, -0.25) is 9.35 Å². The molecule has 3 rings (SSSR count). The minimum Gasteiger partial charge on any atom is -0.398 e. The van der Waals surface area contributed by atoms with Gasteiger partial charge in [0.25, 0.3) is 10.1 Å². The Morgan fingerprint density at radius 1 is 0.893 bits per heavy atom. The van der Waals surface area contributed by atoms with Crippen molar-refractivity contribution in [3.05, 3.63) is 54.6 Å². The van der Waals surface area contributed by atoms with E-state index in [1.165, 1.54) is 19.1 Å². The molecule has 4 N–H and O–H groups in total. The van der Waals surface area contributed by atoms with Gasteiger partial charge in [-0.25, -0.2) is 8.42 Å². The van der Waals surface area contributed by atoms with Gasteiger partial charge in [0.1, 0.15) is 0 Å². The summed E-state index contributed by atoms with van der Waals surface area (Å²) >= 11 is 0. The van der Waals surface area contributed by atoms with Crippen molar-refractivity contribution in [3.8, 4) is 0 Å². The Kier molecular flexibility index (Phi) is 4.88. The molecule has 0 aliphatic heterocycles. The first-order chi connectivity index (χ1) is 13.0. The number of nitrogen functional groups attached to an aromatic ring is 1. The molecule has 28 heavy (non-hydrogen) atoms. The number of hydrogen-bond acceptors (Lipinski definition) is 6. The van der Waals surface area contributed by atoms with Crippen LogP contribution in [-0.4, -0.2) is 27.3 Å². The first-order valence-electron chi connectivity index (χ1n) is 7.92. The van der Waals surface area contributed by atoms with Crippen LogP contribution in [0.15, 0.2) is 69.3 Å². The van der Waals surface area contributed by atoms with Gasteiger partial charge in [-0.1, -0.05) is 12.1 Å². The van der Waals surface area contributed by atoms with Crippen LogP contribution >= 0.6 is 0 Å². The van der Waals surface area contributed by atoms with Crippen LogP contribution in [0.25, 0.3) is 10.8 Å². The average Bonchev–Trinajstić information content (AvgIpc) is 2.59. The minimum atomic E-state index is -4.50. The van der Waals surface area contributed by atoms with E-state index >= 15 is 0 Å². The molecule has 0 fully saturated rings. The molecule has 10 heteroatoms. The summed E-state index contributed by atoms with van der Waals surface area (Å²) in [5.74, 6) is -0.220. The molecule has 0 radical (unpaired) electrons. The molecule has 3 aromatic carbocycles. The van der Waals surface area contributed by atoms with Crippen molar-refractivity contribution < 1.29 is 26.2 Å². The summed E-state index contributed by atoms with van der Waals surface area (Å²) in [4.78, 5) is 10.4. The molecule has 0 unspecified atom stereocenters. The molecule has 0 aromatic heterocycles. The van der Waals surface area contributed by atoms with E-state index < -0.39 is 24.9 Å². The van der Waals surface area contributed by atoms with Crippen LogP contribution in [0.1, 0.15) is 6.92 Å². The largest absolute Gasteiger partial charge is 0.398 e. The van der Waals surface area contributed by atoms with Crippen molar-refractivity contribution >= 4 is 48.0 Å². The molecule has 146 valence electrons. The molecule has 0 aliphatic carbocycles.